The van der Waals surface area contributed by atoms with E-state index < -0.39 is 0 Å². The van der Waals surface area contributed by atoms with Gasteiger partial charge in [0.1, 0.15) is 12.4 Å². The third kappa shape index (κ3) is 2.92. The Labute approximate surface area is 108 Å². The molecular weight excluding hydrogens is 226 g/mol. The normalized spacial score (nSPS) is 18.2. The van der Waals surface area contributed by atoms with Crippen molar-refractivity contribution in [3.05, 3.63) is 35.4 Å². The summed E-state index contributed by atoms with van der Waals surface area (Å²) in [6.45, 7) is 6.81. The number of nitrogens with zero attached hydrogens (tertiary/aromatic N) is 1. The molecule has 0 saturated carbocycles. The third-order valence-corrected chi connectivity index (χ3v) is 2.80. The van der Waals surface area contributed by atoms with E-state index in [-0.39, 0.29) is 5.54 Å². The van der Waals surface area contributed by atoms with Crippen LogP contribution >= 0.6 is 0 Å². The predicted octanol–water partition coefficient (Wildman–Crippen LogP) is 3.31. The van der Waals surface area contributed by atoms with Crippen molar-refractivity contribution in [1.82, 2.24) is 0 Å². The molecule has 96 valence electrons. The van der Waals surface area contributed by atoms with Crippen LogP contribution < -0.4 is 4.74 Å². The van der Waals surface area contributed by atoms with E-state index in [0.717, 1.165) is 22.8 Å². The van der Waals surface area contributed by atoms with Crippen molar-refractivity contribution < 1.29 is 9.47 Å². The fraction of sp³-hybridized carbons (Fsp3) is 0.400. The molecule has 0 saturated heterocycles. The second-order valence-electron chi connectivity index (χ2n) is 5.12. The molecule has 1 aliphatic rings. The first-order valence-electron chi connectivity index (χ1n) is 6.05. The number of rotatable bonds is 3. The van der Waals surface area contributed by atoms with Crippen LogP contribution in [0.3, 0.4) is 0 Å². The van der Waals surface area contributed by atoms with Crippen LogP contribution in [0.1, 0.15) is 26.3 Å². The fourth-order valence-corrected chi connectivity index (χ4v) is 1.80. The molecule has 1 aromatic carbocycles. The van der Waals surface area contributed by atoms with Gasteiger partial charge >= 0.3 is 0 Å². The summed E-state index contributed by atoms with van der Waals surface area (Å²) in [4.78, 5) is 4.55. The molecule has 0 unspecified atom stereocenters. The zero-order chi connectivity index (χ0) is 13.2. The number of hydrogen-bond donors (Lipinski definition) is 0. The van der Waals surface area contributed by atoms with Gasteiger partial charge in [0.05, 0.1) is 12.6 Å². The van der Waals surface area contributed by atoms with Crippen LogP contribution in [0.5, 0.6) is 5.75 Å². The van der Waals surface area contributed by atoms with Crippen molar-refractivity contribution in [2.24, 2.45) is 4.99 Å². The molecule has 18 heavy (non-hydrogen) atoms. The molecule has 0 aliphatic carbocycles. The molecule has 1 aromatic rings. The van der Waals surface area contributed by atoms with Crippen LogP contribution in [0, 0.1) is 0 Å². The van der Waals surface area contributed by atoms with Gasteiger partial charge < -0.3 is 9.47 Å². The van der Waals surface area contributed by atoms with Gasteiger partial charge in [-0.3, -0.25) is 0 Å². The van der Waals surface area contributed by atoms with Gasteiger partial charge in [0.25, 0.3) is 0 Å². The highest BCUT2D eigenvalue weighted by Gasteiger charge is 2.26. The Bertz CT molecular complexity index is 484. The van der Waals surface area contributed by atoms with Gasteiger partial charge in [-0.05, 0) is 44.5 Å². The fourth-order valence-electron chi connectivity index (χ4n) is 1.80. The van der Waals surface area contributed by atoms with Crippen molar-refractivity contribution in [3.63, 3.8) is 0 Å². The van der Waals surface area contributed by atoms with Gasteiger partial charge in [0, 0.05) is 5.57 Å². The van der Waals surface area contributed by atoms with Crippen LogP contribution in [0.2, 0.25) is 0 Å². The summed E-state index contributed by atoms with van der Waals surface area (Å²) in [5.41, 5.74) is 2.06. The molecule has 3 nitrogen and oxygen atoms in total. The third-order valence-electron chi connectivity index (χ3n) is 2.80. The number of hydrogen-bond acceptors (Lipinski definition) is 3. The van der Waals surface area contributed by atoms with E-state index in [9.17, 15) is 0 Å². The Hall–Kier alpha value is -1.77. The number of methoxy groups -OCH3 is 1. The van der Waals surface area contributed by atoms with Crippen molar-refractivity contribution in [3.8, 4) is 5.75 Å². The van der Waals surface area contributed by atoms with Gasteiger partial charge in [-0.2, -0.15) is 0 Å². The van der Waals surface area contributed by atoms with E-state index in [2.05, 4.69) is 24.9 Å². The summed E-state index contributed by atoms with van der Waals surface area (Å²) in [6.07, 6.45) is 2.07. The monoisotopic (exact) mass is 245 g/mol. The Morgan fingerprint density at radius 3 is 2.50 bits per heavy atom. The molecule has 0 amide bonds. The van der Waals surface area contributed by atoms with Crippen LogP contribution in [0.4, 0.5) is 0 Å². The Morgan fingerprint density at radius 2 is 2.00 bits per heavy atom. The second kappa shape index (κ2) is 4.84. The molecule has 0 N–H and O–H groups in total. The zero-order valence-electron chi connectivity index (χ0n) is 11.4. The first-order chi connectivity index (χ1) is 8.50. The van der Waals surface area contributed by atoms with E-state index in [0.29, 0.717) is 6.61 Å². The van der Waals surface area contributed by atoms with E-state index in [1.807, 2.05) is 31.2 Å². The van der Waals surface area contributed by atoms with Gasteiger partial charge in [-0.25, -0.2) is 4.99 Å². The molecule has 0 aromatic heterocycles. The maximum Gasteiger partial charge on any atom is 0.212 e. The van der Waals surface area contributed by atoms with Crippen molar-refractivity contribution in [2.45, 2.75) is 26.3 Å². The highest BCUT2D eigenvalue weighted by atomic mass is 16.5. The van der Waals surface area contributed by atoms with Gasteiger partial charge in [0.15, 0.2) is 0 Å². The lowest BCUT2D eigenvalue weighted by molar-refractivity contribution is 0.279. The average molecular weight is 245 g/mol. The number of benzene rings is 1. The highest BCUT2D eigenvalue weighted by Crippen LogP contribution is 2.21. The lowest BCUT2D eigenvalue weighted by Crippen LogP contribution is -2.17. The van der Waals surface area contributed by atoms with Gasteiger partial charge in [-0.1, -0.05) is 12.1 Å². The van der Waals surface area contributed by atoms with E-state index in [1.165, 1.54) is 0 Å². The Kier molecular flexibility index (Phi) is 3.41. The first kappa shape index (κ1) is 12.7. The molecule has 0 fully saturated rings. The lowest BCUT2D eigenvalue weighted by atomic mass is 10.1. The number of ether oxygens (including phenoxy) is 2. The maximum absolute atomic E-state index is 5.60. The zero-order valence-corrected chi connectivity index (χ0v) is 11.4. The molecule has 1 aliphatic heterocycles. The SMILES string of the molecule is COc1ccc(/C=C(\C)C2=NC(C)(C)CO2)cc1. The lowest BCUT2D eigenvalue weighted by Gasteiger charge is -2.07. The van der Waals surface area contributed by atoms with Crippen LogP contribution in [0.15, 0.2) is 34.8 Å². The van der Waals surface area contributed by atoms with Gasteiger partial charge in [-0.15, -0.1) is 0 Å². The van der Waals surface area contributed by atoms with Crippen molar-refractivity contribution in [2.75, 3.05) is 13.7 Å². The smallest absolute Gasteiger partial charge is 0.212 e. The molecule has 0 atom stereocenters. The van der Waals surface area contributed by atoms with Crippen molar-refractivity contribution >= 4 is 12.0 Å². The minimum Gasteiger partial charge on any atom is -0.497 e. The van der Waals surface area contributed by atoms with Crippen LogP contribution in [-0.2, 0) is 4.74 Å². The minimum absolute atomic E-state index is 0.107. The standard InChI is InChI=1S/C15H19NO2/c1-11(14-16-15(2,3)10-18-14)9-12-5-7-13(17-4)8-6-12/h5-9H,10H2,1-4H3/b11-9+. The maximum atomic E-state index is 5.60. The summed E-state index contributed by atoms with van der Waals surface area (Å²) in [6, 6.07) is 7.92. The average Bonchev–Trinajstić information content (AvgIpc) is 2.71. The second-order valence-corrected chi connectivity index (χ2v) is 5.12. The molecule has 1 heterocycles. The highest BCUT2D eigenvalue weighted by molar-refractivity contribution is 5.98. The summed E-state index contributed by atoms with van der Waals surface area (Å²) < 4.78 is 10.7. The van der Waals surface area contributed by atoms with Gasteiger partial charge in [0.2, 0.25) is 5.90 Å². The quantitative estimate of drug-likeness (QED) is 0.818. The first-order valence-corrected chi connectivity index (χ1v) is 6.05. The largest absolute Gasteiger partial charge is 0.497 e. The molecular formula is C15H19NO2. The summed E-state index contributed by atoms with van der Waals surface area (Å²) >= 11 is 0. The van der Waals surface area contributed by atoms with E-state index in [1.54, 1.807) is 7.11 Å². The molecule has 0 radical (unpaired) electrons. The minimum atomic E-state index is -0.107. The van der Waals surface area contributed by atoms with Crippen LogP contribution in [-0.4, -0.2) is 25.2 Å². The van der Waals surface area contributed by atoms with Crippen LogP contribution in [0.25, 0.3) is 6.08 Å². The molecule has 3 heteroatoms. The van der Waals surface area contributed by atoms with E-state index >= 15 is 0 Å². The molecule has 0 bridgehead atoms. The Balaban J connectivity index is 2.17. The topological polar surface area (TPSA) is 30.8 Å². The number of aliphatic imine (C=N–C) groups is 1. The van der Waals surface area contributed by atoms with E-state index in [4.69, 9.17) is 9.47 Å². The van der Waals surface area contributed by atoms with Crippen molar-refractivity contribution in [1.29, 1.82) is 0 Å². The predicted molar refractivity (Wildman–Crippen MR) is 74.1 cm³/mol. The Morgan fingerprint density at radius 1 is 1.33 bits per heavy atom. The molecule has 2 rings (SSSR count). The summed E-state index contributed by atoms with van der Waals surface area (Å²) in [7, 11) is 1.67. The molecule has 0 spiro atoms. The summed E-state index contributed by atoms with van der Waals surface area (Å²) in [5, 5.41) is 0. The summed E-state index contributed by atoms with van der Waals surface area (Å²) in [5.74, 6) is 1.61.